The molecule has 0 spiro atoms. The summed E-state index contributed by atoms with van der Waals surface area (Å²) < 4.78 is 2.03. The fourth-order valence-electron chi connectivity index (χ4n) is 3.53. The van der Waals surface area contributed by atoms with Gasteiger partial charge in [0, 0.05) is 19.0 Å². The third-order valence-electron chi connectivity index (χ3n) is 4.66. The third kappa shape index (κ3) is 2.70. The van der Waals surface area contributed by atoms with Crippen molar-refractivity contribution in [3.63, 3.8) is 0 Å². The topological polar surface area (TPSA) is 77.0 Å². The fraction of sp³-hybridized carbons (Fsp3) is 0.786. The van der Waals surface area contributed by atoms with Crippen LogP contribution in [0.3, 0.4) is 0 Å². The van der Waals surface area contributed by atoms with Crippen LogP contribution in [0.2, 0.25) is 0 Å². The van der Waals surface area contributed by atoms with E-state index in [4.69, 9.17) is 5.73 Å². The Labute approximate surface area is 119 Å². The molecule has 3 rings (SSSR count). The van der Waals surface area contributed by atoms with Gasteiger partial charge in [0.2, 0.25) is 5.91 Å². The second-order valence-electron chi connectivity index (χ2n) is 6.01. The third-order valence-corrected chi connectivity index (χ3v) is 4.66. The smallest absolute Gasteiger partial charge is 0.226 e. The summed E-state index contributed by atoms with van der Waals surface area (Å²) in [5.41, 5.74) is 5.65. The molecule has 6 nitrogen and oxygen atoms in total. The van der Waals surface area contributed by atoms with Crippen LogP contribution in [-0.4, -0.2) is 38.7 Å². The van der Waals surface area contributed by atoms with E-state index in [9.17, 15) is 4.79 Å². The first-order chi connectivity index (χ1) is 9.78. The first-order valence-electron chi connectivity index (χ1n) is 7.63. The Balaban J connectivity index is 1.61. The molecule has 1 fully saturated rings. The zero-order chi connectivity index (χ0) is 13.9. The number of nitrogens with two attached hydrogens (primary N) is 1. The van der Waals surface area contributed by atoms with Crippen molar-refractivity contribution >= 4 is 5.91 Å². The monoisotopic (exact) mass is 277 g/mol. The summed E-state index contributed by atoms with van der Waals surface area (Å²) in [6, 6.07) is 0. The molecular formula is C14H23N5O. The van der Waals surface area contributed by atoms with E-state index < -0.39 is 0 Å². The van der Waals surface area contributed by atoms with Gasteiger partial charge < -0.3 is 15.2 Å². The Kier molecular flexibility index (Phi) is 4.00. The van der Waals surface area contributed by atoms with E-state index >= 15 is 0 Å². The molecular weight excluding hydrogens is 254 g/mol. The molecule has 2 N–H and O–H groups in total. The lowest BCUT2D eigenvalue weighted by Crippen LogP contribution is -2.42. The van der Waals surface area contributed by atoms with Crippen LogP contribution in [0.15, 0.2) is 6.33 Å². The number of carbonyl (C=O) groups excluding carboxylic acids is 1. The van der Waals surface area contributed by atoms with E-state index in [2.05, 4.69) is 10.2 Å². The van der Waals surface area contributed by atoms with Gasteiger partial charge in [-0.3, -0.25) is 4.79 Å². The molecule has 2 atom stereocenters. The zero-order valence-corrected chi connectivity index (χ0v) is 11.9. The van der Waals surface area contributed by atoms with Crippen molar-refractivity contribution in [2.45, 2.75) is 45.2 Å². The molecule has 1 aliphatic heterocycles. The molecule has 0 saturated heterocycles. The summed E-state index contributed by atoms with van der Waals surface area (Å²) in [5, 5.41) is 7.99. The number of nitrogens with zero attached hydrogens (tertiary/aromatic N) is 4. The predicted molar refractivity (Wildman–Crippen MR) is 74.6 cm³/mol. The molecule has 2 unspecified atom stereocenters. The van der Waals surface area contributed by atoms with Crippen molar-refractivity contribution in [1.29, 1.82) is 0 Å². The molecule has 1 amide bonds. The minimum Gasteiger partial charge on any atom is -0.333 e. The molecule has 20 heavy (non-hydrogen) atoms. The highest BCUT2D eigenvalue weighted by molar-refractivity contribution is 5.79. The molecule has 0 radical (unpaired) electrons. The van der Waals surface area contributed by atoms with Gasteiger partial charge in [-0.1, -0.05) is 12.8 Å². The van der Waals surface area contributed by atoms with Crippen molar-refractivity contribution in [2.24, 2.45) is 17.6 Å². The van der Waals surface area contributed by atoms with Crippen LogP contribution in [0, 0.1) is 11.8 Å². The molecule has 1 aliphatic carbocycles. The minimum absolute atomic E-state index is 0.190. The zero-order valence-electron chi connectivity index (χ0n) is 11.9. The van der Waals surface area contributed by atoms with E-state index in [-0.39, 0.29) is 5.92 Å². The average Bonchev–Trinajstić information content (AvgIpc) is 2.94. The van der Waals surface area contributed by atoms with Gasteiger partial charge in [-0.2, -0.15) is 0 Å². The van der Waals surface area contributed by atoms with Crippen molar-refractivity contribution in [1.82, 2.24) is 19.7 Å². The van der Waals surface area contributed by atoms with Crippen LogP contribution in [0.4, 0.5) is 0 Å². The summed E-state index contributed by atoms with van der Waals surface area (Å²) in [7, 11) is 0. The Morgan fingerprint density at radius 2 is 2.30 bits per heavy atom. The SMILES string of the molecule is NCCC1CCCC(C(=O)N2CCn3cnnc3C2)C1. The standard InChI is InChI=1S/C14H23N5O/c15-5-4-11-2-1-3-12(8-11)14(20)18-6-7-19-10-16-17-13(19)9-18/h10-12H,1-9,15H2. The summed E-state index contributed by atoms with van der Waals surface area (Å²) in [6.45, 7) is 2.93. The number of carbonyl (C=O) groups is 1. The van der Waals surface area contributed by atoms with Crippen LogP contribution in [0.5, 0.6) is 0 Å². The predicted octanol–water partition coefficient (Wildman–Crippen LogP) is 0.775. The van der Waals surface area contributed by atoms with Crippen molar-refractivity contribution in [3.05, 3.63) is 12.2 Å². The van der Waals surface area contributed by atoms with E-state index in [0.717, 1.165) is 51.1 Å². The maximum absolute atomic E-state index is 12.7. The van der Waals surface area contributed by atoms with Crippen molar-refractivity contribution in [3.8, 4) is 0 Å². The molecule has 1 aromatic heterocycles. The minimum atomic E-state index is 0.190. The lowest BCUT2D eigenvalue weighted by molar-refractivity contribution is -0.138. The molecule has 2 heterocycles. The molecule has 0 aromatic carbocycles. The summed E-state index contributed by atoms with van der Waals surface area (Å²) >= 11 is 0. The number of rotatable bonds is 3. The van der Waals surface area contributed by atoms with Gasteiger partial charge in [0.25, 0.3) is 0 Å². The second kappa shape index (κ2) is 5.91. The Morgan fingerprint density at radius 1 is 1.40 bits per heavy atom. The number of hydrogen-bond donors (Lipinski definition) is 1. The fourth-order valence-corrected chi connectivity index (χ4v) is 3.53. The maximum atomic E-state index is 12.7. The number of hydrogen-bond acceptors (Lipinski definition) is 4. The Hall–Kier alpha value is -1.43. The maximum Gasteiger partial charge on any atom is 0.226 e. The molecule has 110 valence electrons. The van der Waals surface area contributed by atoms with E-state index in [1.54, 1.807) is 6.33 Å². The van der Waals surface area contributed by atoms with Crippen LogP contribution >= 0.6 is 0 Å². The largest absolute Gasteiger partial charge is 0.333 e. The lowest BCUT2D eigenvalue weighted by atomic mass is 9.79. The van der Waals surface area contributed by atoms with Gasteiger partial charge in [0.1, 0.15) is 6.33 Å². The van der Waals surface area contributed by atoms with Gasteiger partial charge in [0.15, 0.2) is 5.82 Å². The summed E-state index contributed by atoms with van der Waals surface area (Å²) in [5.74, 6) is 2.03. The van der Waals surface area contributed by atoms with E-state index in [0.29, 0.717) is 18.4 Å². The van der Waals surface area contributed by atoms with Crippen molar-refractivity contribution < 1.29 is 4.79 Å². The van der Waals surface area contributed by atoms with Crippen molar-refractivity contribution in [2.75, 3.05) is 13.1 Å². The lowest BCUT2D eigenvalue weighted by Gasteiger charge is -2.34. The van der Waals surface area contributed by atoms with Crippen LogP contribution in [0.1, 0.15) is 37.9 Å². The molecule has 1 aromatic rings. The normalized spacial score (nSPS) is 26.4. The van der Waals surface area contributed by atoms with Crippen LogP contribution in [0.25, 0.3) is 0 Å². The number of amides is 1. The first kappa shape index (κ1) is 13.5. The van der Waals surface area contributed by atoms with Gasteiger partial charge in [-0.25, -0.2) is 0 Å². The molecule has 2 aliphatic rings. The van der Waals surface area contributed by atoms with E-state index in [1.165, 1.54) is 6.42 Å². The molecule has 6 heteroatoms. The van der Waals surface area contributed by atoms with E-state index in [1.807, 2.05) is 9.47 Å². The highest BCUT2D eigenvalue weighted by Crippen LogP contribution is 2.32. The van der Waals surface area contributed by atoms with Gasteiger partial charge >= 0.3 is 0 Å². The number of aromatic nitrogens is 3. The average molecular weight is 277 g/mol. The molecule has 0 bridgehead atoms. The van der Waals surface area contributed by atoms with Gasteiger partial charge in [-0.05, 0) is 31.7 Å². The second-order valence-corrected chi connectivity index (χ2v) is 6.01. The van der Waals surface area contributed by atoms with Crippen LogP contribution in [-0.2, 0) is 17.9 Å². The summed E-state index contributed by atoms with van der Waals surface area (Å²) in [6.07, 6.45) is 7.23. The number of fused-ring (bicyclic) bond motifs is 1. The van der Waals surface area contributed by atoms with Gasteiger partial charge in [0.05, 0.1) is 6.54 Å². The molecule has 1 saturated carbocycles. The van der Waals surface area contributed by atoms with Gasteiger partial charge in [-0.15, -0.1) is 10.2 Å². The first-order valence-corrected chi connectivity index (χ1v) is 7.63. The summed E-state index contributed by atoms with van der Waals surface area (Å²) in [4.78, 5) is 14.6. The Morgan fingerprint density at radius 3 is 3.15 bits per heavy atom. The quantitative estimate of drug-likeness (QED) is 0.885. The van der Waals surface area contributed by atoms with Crippen LogP contribution < -0.4 is 5.73 Å². The Bertz CT molecular complexity index is 470. The highest BCUT2D eigenvalue weighted by atomic mass is 16.2. The highest BCUT2D eigenvalue weighted by Gasteiger charge is 2.31.